The number of aliphatic imine (C=N–C) groups is 1. The lowest BCUT2D eigenvalue weighted by molar-refractivity contribution is -0.274. The first-order valence-electron chi connectivity index (χ1n) is 13.5. The molecule has 0 aliphatic carbocycles. The van der Waals surface area contributed by atoms with E-state index in [1.165, 1.54) is 18.3 Å². The molecule has 49 heavy (non-hydrogen) atoms. The summed E-state index contributed by atoms with van der Waals surface area (Å²) in [7, 11) is 1.04. The van der Waals surface area contributed by atoms with Crippen LogP contribution in [0.15, 0.2) is 41.5 Å². The Balaban J connectivity index is 0.000000838. The lowest BCUT2D eigenvalue weighted by Gasteiger charge is -2.20. The number of benzene rings is 2. The zero-order valence-corrected chi connectivity index (χ0v) is 24.8. The molecule has 4 rings (SSSR count). The van der Waals surface area contributed by atoms with Gasteiger partial charge in [0.05, 0.1) is 56.6 Å². The summed E-state index contributed by atoms with van der Waals surface area (Å²) >= 11 is 0. The van der Waals surface area contributed by atoms with Crippen molar-refractivity contribution in [2.75, 3.05) is 32.1 Å². The topological polar surface area (TPSA) is 196 Å². The number of aromatic nitrogens is 2. The predicted molar refractivity (Wildman–Crippen MR) is 152 cm³/mol. The van der Waals surface area contributed by atoms with Crippen LogP contribution in [0.2, 0.25) is 0 Å². The molecule has 2 heterocycles. The van der Waals surface area contributed by atoms with Crippen LogP contribution in [0.1, 0.15) is 28.4 Å². The number of esters is 1. The largest absolute Gasteiger partial charge is 0.573 e. The second-order valence-electron chi connectivity index (χ2n) is 9.76. The Hall–Kier alpha value is -5.70. The number of ether oxygens (including phenoxy) is 2. The lowest BCUT2D eigenvalue weighted by Crippen LogP contribution is -2.41. The van der Waals surface area contributed by atoms with Crippen LogP contribution >= 0.6 is 0 Å². The Kier molecular flexibility index (Phi) is 12.3. The molecule has 2 amide bonds. The summed E-state index contributed by atoms with van der Waals surface area (Å²) < 4.78 is 106. The molecule has 0 saturated carbocycles. The fourth-order valence-electron chi connectivity index (χ4n) is 4.00. The Morgan fingerprint density at radius 2 is 1.80 bits per heavy atom. The number of fused-ring (bicyclic) bond motifs is 1. The monoisotopic (exact) mass is 711 g/mol. The fraction of sp³-hybridized carbons (Fsp3) is 0.333. The average molecular weight is 712 g/mol. The molecular weight excluding hydrogens is 686 g/mol. The molecule has 0 fully saturated rings. The minimum Gasteiger partial charge on any atom is -0.475 e. The van der Waals surface area contributed by atoms with E-state index in [4.69, 9.17) is 9.90 Å². The van der Waals surface area contributed by atoms with Gasteiger partial charge in [0.25, 0.3) is 5.91 Å². The zero-order valence-electron chi connectivity index (χ0n) is 24.8. The first-order valence-corrected chi connectivity index (χ1v) is 13.5. The van der Waals surface area contributed by atoms with Gasteiger partial charge in [0.2, 0.25) is 5.91 Å². The fourth-order valence-corrected chi connectivity index (χ4v) is 4.00. The van der Waals surface area contributed by atoms with Gasteiger partial charge in [-0.2, -0.15) is 18.3 Å². The summed E-state index contributed by atoms with van der Waals surface area (Å²) in [6.07, 6.45) is -10.4. The van der Waals surface area contributed by atoms with Crippen molar-refractivity contribution in [1.82, 2.24) is 26.1 Å². The number of nitrogens with zero attached hydrogens (tertiary/aromatic N) is 2. The highest BCUT2D eigenvalue weighted by Gasteiger charge is 2.38. The molecule has 1 aliphatic rings. The summed E-state index contributed by atoms with van der Waals surface area (Å²) in [4.78, 5) is 50.5. The lowest BCUT2D eigenvalue weighted by atomic mass is 10.0. The average Bonchev–Trinajstić information content (AvgIpc) is 3.50. The molecule has 1 aromatic heterocycles. The Morgan fingerprint density at radius 1 is 1.10 bits per heavy atom. The Labute approximate surface area is 269 Å². The summed E-state index contributed by atoms with van der Waals surface area (Å²) in [5, 5.41) is 24.9. The number of nitrogens with one attached hydrogen (secondary N) is 5. The summed E-state index contributed by atoms with van der Waals surface area (Å²) in [6.45, 7) is -0.636. The van der Waals surface area contributed by atoms with Crippen molar-refractivity contribution in [3.63, 3.8) is 0 Å². The number of carboxylic acid groups (broad SMARTS) is 1. The number of carbonyl (C=O) groups is 4. The van der Waals surface area contributed by atoms with Gasteiger partial charge in [-0.3, -0.25) is 19.5 Å². The standard InChI is InChI=1S/C25H24F5N7O5.C2HF3O2/c1-41-22(39)7-19(15-6-14(2-3-17(15)27)42-25(28,29)30)35-21(38)11-31-23(40)12-4-18(16-10-34-37-20(16)5-12)36-24-32-8-13(26)9-33-24;3-2(4,5)1(6)7/h2-6,10,13,19H,7-9,11H2,1H3,(H,31,40)(H,34,37)(H,35,38)(H2,32,33,36);(H,6,7)/t19-;/m0./s1. The second-order valence-corrected chi connectivity index (χ2v) is 9.76. The molecule has 266 valence electrons. The van der Waals surface area contributed by atoms with Gasteiger partial charge in [-0.15, -0.1) is 13.2 Å². The van der Waals surface area contributed by atoms with Crippen LogP contribution in [0.3, 0.4) is 0 Å². The van der Waals surface area contributed by atoms with Crippen LogP contribution in [0.5, 0.6) is 5.75 Å². The minimum absolute atomic E-state index is 0.0420. The molecule has 1 unspecified atom stereocenters. The SMILES string of the molecule is COC(=O)C[C@H](NC(=O)CNC(=O)c1cc(NC2=NCC(F)CN2)c2cn[nH]c2c1)c1cc(OC(F)(F)F)ccc1F.O=C(O)C(F)(F)F. The van der Waals surface area contributed by atoms with E-state index in [1.807, 2.05) is 0 Å². The molecule has 6 N–H and O–H groups in total. The van der Waals surface area contributed by atoms with Crippen LogP contribution in [0.25, 0.3) is 10.9 Å². The number of H-pyrrole nitrogens is 1. The van der Waals surface area contributed by atoms with Crippen LogP contribution < -0.4 is 26.0 Å². The number of rotatable bonds is 9. The van der Waals surface area contributed by atoms with E-state index in [0.717, 1.165) is 13.2 Å². The third kappa shape index (κ3) is 11.5. The van der Waals surface area contributed by atoms with Crippen LogP contribution in [-0.4, -0.2) is 90.5 Å². The highest BCUT2D eigenvalue weighted by Crippen LogP contribution is 2.29. The number of carboxylic acids is 1. The van der Waals surface area contributed by atoms with Crippen LogP contribution in [0, 0.1) is 5.82 Å². The number of anilines is 1. The molecule has 22 heteroatoms. The van der Waals surface area contributed by atoms with E-state index < -0.39 is 78.6 Å². The first-order chi connectivity index (χ1) is 22.9. The summed E-state index contributed by atoms with van der Waals surface area (Å²) in [5.74, 6) is -6.74. The van der Waals surface area contributed by atoms with Gasteiger partial charge in [0.1, 0.15) is 17.7 Å². The van der Waals surface area contributed by atoms with Crippen molar-refractivity contribution in [1.29, 1.82) is 0 Å². The van der Waals surface area contributed by atoms with E-state index in [2.05, 4.69) is 45.9 Å². The highest BCUT2D eigenvalue weighted by molar-refractivity contribution is 6.07. The maximum atomic E-state index is 14.6. The highest BCUT2D eigenvalue weighted by atomic mass is 19.4. The molecule has 0 bridgehead atoms. The summed E-state index contributed by atoms with van der Waals surface area (Å²) in [6, 6.07) is 3.59. The first kappa shape index (κ1) is 37.8. The molecule has 0 spiro atoms. The second kappa shape index (κ2) is 15.9. The predicted octanol–water partition coefficient (Wildman–Crippen LogP) is 3.09. The maximum Gasteiger partial charge on any atom is 0.573 e. The Bertz CT molecular complexity index is 1710. The van der Waals surface area contributed by atoms with Crippen LogP contribution in [0.4, 0.5) is 40.8 Å². The van der Waals surface area contributed by atoms with E-state index in [-0.39, 0.29) is 24.6 Å². The molecule has 2 atom stereocenters. The number of amides is 2. The smallest absolute Gasteiger partial charge is 0.475 e. The molecular formula is C27H25F8N7O7. The maximum absolute atomic E-state index is 14.6. The molecule has 14 nitrogen and oxygen atoms in total. The third-order valence-electron chi connectivity index (χ3n) is 6.17. The van der Waals surface area contributed by atoms with E-state index in [9.17, 15) is 49.5 Å². The number of aliphatic carboxylic acids is 1. The van der Waals surface area contributed by atoms with Crippen LogP contribution in [-0.2, 0) is 19.1 Å². The molecule has 0 saturated heterocycles. The van der Waals surface area contributed by atoms with Crippen molar-refractivity contribution in [3.05, 3.63) is 53.5 Å². The Morgan fingerprint density at radius 3 is 2.39 bits per heavy atom. The van der Waals surface area contributed by atoms with Gasteiger partial charge in [0.15, 0.2) is 5.96 Å². The molecule has 3 aromatic rings. The number of methoxy groups -OCH3 is 1. The van der Waals surface area contributed by atoms with E-state index in [0.29, 0.717) is 28.7 Å². The number of halogens is 8. The molecule has 2 aromatic carbocycles. The van der Waals surface area contributed by atoms with E-state index in [1.54, 1.807) is 0 Å². The number of hydrogen-bond acceptors (Lipinski definition) is 10. The van der Waals surface area contributed by atoms with Crippen molar-refractivity contribution in [3.8, 4) is 5.75 Å². The van der Waals surface area contributed by atoms with Gasteiger partial charge in [0, 0.05) is 16.5 Å². The van der Waals surface area contributed by atoms with Gasteiger partial charge >= 0.3 is 24.5 Å². The quantitative estimate of drug-likeness (QED) is 0.142. The minimum atomic E-state index is -5.08. The number of alkyl halides is 7. The zero-order chi connectivity index (χ0) is 36.5. The van der Waals surface area contributed by atoms with Crippen molar-refractivity contribution in [2.24, 2.45) is 4.99 Å². The van der Waals surface area contributed by atoms with Gasteiger partial charge in [-0.25, -0.2) is 18.6 Å². The third-order valence-corrected chi connectivity index (χ3v) is 6.17. The van der Waals surface area contributed by atoms with Gasteiger partial charge in [-0.1, -0.05) is 0 Å². The number of aromatic amines is 1. The van der Waals surface area contributed by atoms with E-state index >= 15 is 0 Å². The van der Waals surface area contributed by atoms with Crippen molar-refractivity contribution < 1.29 is 68.9 Å². The van der Waals surface area contributed by atoms with Gasteiger partial charge < -0.3 is 35.8 Å². The normalized spacial score (nSPS) is 15.0. The molecule has 1 aliphatic heterocycles. The molecule has 0 radical (unpaired) electrons. The van der Waals surface area contributed by atoms with Crippen molar-refractivity contribution >= 4 is 46.3 Å². The number of carbonyl (C=O) groups excluding carboxylic acids is 3. The number of hydrogen-bond donors (Lipinski definition) is 6. The summed E-state index contributed by atoms with van der Waals surface area (Å²) in [5.41, 5.74) is 0.495. The number of guanidine groups is 1. The van der Waals surface area contributed by atoms with Crippen molar-refractivity contribution in [2.45, 2.75) is 31.2 Å². The van der Waals surface area contributed by atoms with Gasteiger partial charge in [-0.05, 0) is 30.3 Å².